The van der Waals surface area contributed by atoms with Gasteiger partial charge in [-0.3, -0.25) is 0 Å². The molecule has 5 nitrogen and oxygen atoms in total. The lowest BCUT2D eigenvalue weighted by Gasteiger charge is -2.13. The van der Waals surface area contributed by atoms with Gasteiger partial charge in [0.1, 0.15) is 6.26 Å². The van der Waals surface area contributed by atoms with E-state index in [-0.39, 0.29) is 5.69 Å². The fourth-order valence-corrected chi connectivity index (χ4v) is 1.43. The highest BCUT2D eigenvalue weighted by Crippen LogP contribution is 2.13. The summed E-state index contributed by atoms with van der Waals surface area (Å²) in [7, 11) is 1.90. The first-order valence-electron chi connectivity index (χ1n) is 6.02. The van der Waals surface area contributed by atoms with Crippen molar-refractivity contribution in [1.29, 1.82) is 0 Å². The Morgan fingerprint density at radius 3 is 2.88 bits per heavy atom. The predicted molar refractivity (Wildman–Crippen MR) is 65.3 cm³/mol. The Morgan fingerprint density at radius 2 is 2.24 bits per heavy atom. The normalized spacial score (nSPS) is 10.3. The number of hydrogen-bond acceptors (Lipinski definition) is 5. The molecule has 0 aliphatic carbocycles. The minimum atomic E-state index is -0.440. The molecule has 1 rings (SSSR count). The van der Waals surface area contributed by atoms with Crippen LogP contribution in [-0.2, 0) is 4.74 Å². The second-order valence-corrected chi connectivity index (χ2v) is 3.86. The van der Waals surface area contributed by atoms with Gasteiger partial charge in [-0.15, -0.1) is 0 Å². The summed E-state index contributed by atoms with van der Waals surface area (Å²) >= 11 is 0. The lowest BCUT2D eigenvalue weighted by Crippen LogP contribution is -2.19. The maximum atomic E-state index is 11.4. The summed E-state index contributed by atoms with van der Waals surface area (Å²) in [5, 5.41) is 0. The number of unbranched alkanes of at least 4 members (excludes halogenated alkanes) is 2. The molecule has 0 saturated carbocycles. The van der Waals surface area contributed by atoms with Crippen LogP contribution in [0.3, 0.4) is 0 Å². The van der Waals surface area contributed by atoms with E-state index >= 15 is 0 Å². The molecule has 0 radical (unpaired) electrons. The zero-order valence-corrected chi connectivity index (χ0v) is 10.7. The van der Waals surface area contributed by atoms with Crippen molar-refractivity contribution in [2.45, 2.75) is 33.1 Å². The molecule has 96 valence electrons. The van der Waals surface area contributed by atoms with Crippen LogP contribution in [0.15, 0.2) is 10.7 Å². The van der Waals surface area contributed by atoms with Gasteiger partial charge in [0, 0.05) is 13.6 Å². The van der Waals surface area contributed by atoms with Gasteiger partial charge in [-0.05, 0) is 13.3 Å². The van der Waals surface area contributed by atoms with Crippen molar-refractivity contribution in [1.82, 2.24) is 4.98 Å². The summed E-state index contributed by atoms with van der Waals surface area (Å²) in [5.41, 5.74) is 0.226. The number of carbonyl (C=O) groups excluding carboxylic acids is 1. The average molecular weight is 240 g/mol. The maximum Gasteiger partial charge on any atom is 0.360 e. The van der Waals surface area contributed by atoms with Gasteiger partial charge in [-0.25, -0.2) is 4.79 Å². The molecule has 5 heteroatoms. The molecule has 0 fully saturated rings. The molecule has 0 amide bonds. The molecule has 0 aromatic carbocycles. The maximum absolute atomic E-state index is 11.4. The van der Waals surface area contributed by atoms with E-state index in [9.17, 15) is 4.79 Å². The summed E-state index contributed by atoms with van der Waals surface area (Å²) in [6.07, 6.45) is 4.77. The van der Waals surface area contributed by atoms with Gasteiger partial charge in [0.25, 0.3) is 6.01 Å². The lowest BCUT2D eigenvalue weighted by molar-refractivity contribution is 0.0519. The third kappa shape index (κ3) is 4.09. The molecule has 0 aliphatic rings. The highest BCUT2D eigenvalue weighted by atomic mass is 16.5. The summed E-state index contributed by atoms with van der Waals surface area (Å²) in [6, 6.07) is 0.462. The zero-order chi connectivity index (χ0) is 12.7. The van der Waals surface area contributed by atoms with Crippen molar-refractivity contribution in [3.63, 3.8) is 0 Å². The first-order chi connectivity index (χ1) is 8.19. The monoisotopic (exact) mass is 240 g/mol. The van der Waals surface area contributed by atoms with Gasteiger partial charge in [-0.2, -0.15) is 4.98 Å². The van der Waals surface area contributed by atoms with Crippen molar-refractivity contribution in [2.24, 2.45) is 0 Å². The molecule has 0 aliphatic heterocycles. The van der Waals surface area contributed by atoms with Crippen molar-refractivity contribution < 1.29 is 13.9 Å². The smallest absolute Gasteiger partial charge is 0.360 e. The van der Waals surface area contributed by atoms with E-state index in [1.54, 1.807) is 6.92 Å². The number of ether oxygens (including phenoxy) is 1. The summed E-state index contributed by atoms with van der Waals surface area (Å²) in [5.74, 6) is -0.440. The summed E-state index contributed by atoms with van der Waals surface area (Å²) < 4.78 is 10.1. The van der Waals surface area contributed by atoms with Crippen molar-refractivity contribution >= 4 is 12.0 Å². The lowest BCUT2D eigenvalue weighted by atomic mass is 10.2. The predicted octanol–water partition coefficient (Wildman–Crippen LogP) is 2.48. The molecule has 1 aromatic heterocycles. The van der Waals surface area contributed by atoms with E-state index in [1.165, 1.54) is 19.1 Å². The van der Waals surface area contributed by atoms with Crippen LogP contribution in [0.4, 0.5) is 6.01 Å². The van der Waals surface area contributed by atoms with Crippen LogP contribution in [0, 0.1) is 0 Å². The van der Waals surface area contributed by atoms with Gasteiger partial charge >= 0.3 is 5.97 Å². The number of nitrogens with zero attached hydrogens (tertiary/aromatic N) is 2. The van der Waals surface area contributed by atoms with Gasteiger partial charge in [-0.1, -0.05) is 19.8 Å². The number of oxazole rings is 1. The van der Waals surface area contributed by atoms with Crippen LogP contribution < -0.4 is 4.90 Å². The third-order valence-electron chi connectivity index (χ3n) is 2.40. The Hall–Kier alpha value is -1.52. The Bertz CT molecular complexity index is 349. The molecule has 0 saturated heterocycles. The van der Waals surface area contributed by atoms with Crippen LogP contribution >= 0.6 is 0 Å². The highest BCUT2D eigenvalue weighted by Gasteiger charge is 2.15. The minimum absolute atomic E-state index is 0.226. The molecule has 1 heterocycles. The molecule has 0 spiro atoms. The second-order valence-electron chi connectivity index (χ2n) is 3.86. The molecular formula is C12H20N2O3. The molecule has 0 bridgehead atoms. The third-order valence-corrected chi connectivity index (χ3v) is 2.40. The standard InChI is InChI=1S/C12H20N2O3/c1-4-6-7-8-14(3)12-13-10(9-17-12)11(15)16-5-2/h9H,4-8H2,1-3H3. The fraction of sp³-hybridized carbons (Fsp3) is 0.667. The van der Waals surface area contributed by atoms with Gasteiger partial charge in [0.15, 0.2) is 5.69 Å². The topological polar surface area (TPSA) is 55.6 Å². The van der Waals surface area contributed by atoms with E-state index in [0.717, 1.165) is 13.0 Å². The number of aromatic nitrogens is 1. The fourth-order valence-electron chi connectivity index (χ4n) is 1.43. The van der Waals surface area contributed by atoms with Crippen LogP contribution in [0.1, 0.15) is 43.6 Å². The van der Waals surface area contributed by atoms with Crippen LogP contribution in [0.25, 0.3) is 0 Å². The molecule has 0 unspecified atom stereocenters. The molecule has 1 aromatic rings. The number of carbonyl (C=O) groups is 1. The summed E-state index contributed by atoms with van der Waals surface area (Å²) in [6.45, 7) is 5.13. The molecule has 0 atom stereocenters. The Balaban J connectivity index is 2.51. The van der Waals surface area contributed by atoms with Crippen LogP contribution in [0.2, 0.25) is 0 Å². The quantitative estimate of drug-likeness (QED) is 0.541. The van der Waals surface area contributed by atoms with Crippen molar-refractivity contribution in [2.75, 3.05) is 25.1 Å². The SMILES string of the molecule is CCCCCN(C)c1nc(C(=O)OCC)co1. The van der Waals surface area contributed by atoms with Crippen molar-refractivity contribution in [3.05, 3.63) is 12.0 Å². The summed E-state index contributed by atoms with van der Waals surface area (Å²) in [4.78, 5) is 17.4. The number of esters is 1. The Labute approximate surface area is 102 Å². The second kappa shape index (κ2) is 6.93. The van der Waals surface area contributed by atoms with E-state index in [1.807, 2.05) is 11.9 Å². The van der Waals surface area contributed by atoms with E-state index in [2.05, 4.69) is 11.9 Å². The highest BCUT2D eigenvalue weighted by molar-refractivity contribution is 5.87. The van der Waals surface area contributed by atoms with Gasteiger partial charge < -0.3 is 14.1 Å². The molecule has 0 N–H and O–H groups in total. The first-order valence-corrected chi connectivity index (χ1v) is 6.02. The minimum Gasteiger partial charge on any atom is -0.461 e. The van der Waals surface area contributed by atoms with Crippen molar-refractivity contribution in [3.8, 4) is 0 Å². The van der Waals surface area contributed by atoms with E-state index in [4.69, 9.17) is 9.15 Å². The van der Waals surface area contributed by atoms with Gasteiger partial charge in [0.05, 0.1) is 6.61 Å². The molecule has 17 heavy (non-hydrogen) atoms. The van der Waals surface area contributed by atoms with Crippen LogP contribution in [-0.4, -0.2) is 31.2 Å². The van der Waals surface area contributed by atoms with Crippen LogP contribution in [0.5, 0.6) is 0 Å². The number of rotatable bonds is 7. The first kappa shape index (κ1) is 13.5. The van der Waals surface area contributed by atoms with E-state index in [0.29, 0.717) is 12.6 Å². The number of hydrogen-bond donors (Lipinski definition) is 0. The van der Waals surface area contributed by atoms with E-state index < -0.39 is 5.97 Å². The average Bonchev–Trinajstić information content (AvgIpc) is 2.79. The Kier molecular flexibility index (Phi) is 5.52. The van der Waals surface area contributed by atoms with Gasteiger partial charge in [0.2, 0.25) is 0 Å². The molecular weight excluding hydrogens is 220 g/mol. The Morgan fingerprint density at radius 1 is 1.47 bits per heavy atom. The number of anilines is 1. The zero-order valence-electron chi connectivity index (χ0n) is 10.7. The largest absolute Gasteiger partial charge is 0.461 e.